The van der Waals surface area contributed by atoms with Gasteiger partial charge in [0.25, 0.3) is 5.69 Å². The third-order valence-electron chi connectivity index (χ3n) is 6.74. The molecule has 13 heteroatoms. The van der Waals surface area contributed by atoms with Crippen molar-refractivity contribution in [2.24, 2.45) is 4.99 Å². The molecule has 0 saturated carbocycles. The van der Waals surface area contributed by atoms with Gasteiger partial charge in [-0.05, 0) is 82.2 Å². The number of amides is 2. The van der Waals surface area contributed by atoms with Crippen molar-refractivity contribution in [3.05, 3.63) is 33.9 Å². The molecule has 0 unspecified atom stereocenters. The van der Waals surface area contributed by atoms with Gasteiger partial charge in [-0.3, -0.25) is 15.1 Å². The van der Waals surface area contributed by atoms with Gasteiger partial charge in [0.15, 0.2) is 9.84 Å². The van der Waals surface area contributed by atoms with Crippen LogP contribution >= 0.6 is 0 Å². The van der Waals surface area contributed by atoms with E-state index < -0.39 is 65.1 Å². The molecule has 0 spiro atoms. The van der Waals surface area contributed by atoms with Crippen LogP contribution in [0.3, 0.4) is 0 Å². The largest absolute Gasteiger partial charge is 0.487 e. The Balaban J connectivity index is 2.43. The van der Waals surface area contributed by atoms with E-state index in [0.717, 1.165) is 0 Å². The monoisotopic (exact) mass is 581 g/mol. The van der Waals surface area contributed by atoms with Crippen LogP contribution in [0.15, 0.2) is 23.2 Å². The molecule has 1 aromatic rings. The van der Waals surface area contributed by atoms with E-state index >= 15 is 0 Å². The van der Waals surface area contributed by atoms with Crippen molar-refractivity contribution >= 4 is 33.5 Å². The van der Waals surface area contributed by atoms with Crippen LogP contribution < -0.4 is 4.74 Å². The summed E-state index contributed by atoms with van der Waals surface area (Å²) in [4.78, 5) is 43.5. The molecule has 1 aromatic carbocycles. The minimum atomic E-state index is -4.28. The predicted molar refractivity (Wildman–Crippen MR) is 148 cm³/mol. The number of sulfone groups is 1. The smallest absolute Gasteiger partial charge is 0.425 e. The molecule has 222 valence electrons. The van der Waals surface area contributed by atoms with Crippen LogP contribution in [0.25, 0.3) is 0 Å². The Bertz CT molecular complexity index is 1360. The molecule has 0 N–H and O–H groups in total. The first kappa shape index (κ1) is 31.3. The molecule has 40 heavy (non-hydrogen) atoms. The van der Waals surface area contributed by atoms with Crippen LogP contribution in [-0.4, -0.2) is 63.1 Å². The summed E-state index contributed by atoms with van der Waals surface area (Å²) in [5.41, 5.74) is -4.94. The SMILES string of the molecule is CC(C)(C)OC(=O)N(C(=O)OC(C)(C)C)C1=N[C@]2(C)c3cc([N+](=O)[O-])ccc3OC(C)(C)C[C@@H]2S(=O)(=O)C1(C)C. The van der Waals surface area contributed by atoms with Crippen LogP contribution in [0.4, 0.5) is 15.3 Å². The van der Waals surface area contributed by atoms with Gasteiger partial charge in [-0.1, -0.05) is 0 Å². The Morgan fingerprint density at radius 1 is 1.02 bits per heavy atom. The van der Waals surface area contributed by atoms with E-state index in [-0.39, 0.29) is 23.4 Å². The molecule has 2 aliphatic heterocycles. The van der Waals surface area contributed by atoms with Gasteiger partial charge >= 0.3 is 12.2 Å². The Morgan fingerprint density at radius 3 is 1.98 bits per heavy atom. The summed E-state index contributed by atoms with van der Waals surface area (Å²) in [6, 6.07) is 3.89. The van der Waals surface area contributed by atoms with Gasteiger partial charge in [-0.2, -0.15) is 4.90 Å². The molecule has 0 aliphatic carbocycles. The summed E-state index contributed by atoms with van der Waals surface area (Å²) < 4.78 is 44.2. The molecule has 2 aliphatic rings. The normalized spacial score (nSPS) is 24.7. The van der Waals surface area contributed by atoms with Crippen molar-refractivity contribution < 1.29 is 37.1 Å². The van der Waals surface area contributed by atoms with E-state index in [1.165, 1.54) is 39.0 Å². The lowest BCUT2D eigenvalue weighted by atomic mass is 9.84. The number of carbonyl (C=O) groups is 2. The number of fused-ring (bicyclic) bond motifs is 3. The van der Waals surface area contributed by atoms with Gasteiger partial charge in [0, 0.05) is 24.1 Å². The van der Waals surface area contributed by atoms with Gasteiger partial charge in [0.05, 0.1) is 10.2 Å². The average Bonchev–Trinajstić information content (AvgIpc) is 2.81. The highest BCUT2D eigenvalue weighted by Crippen LogP contribution is 2.52. The molecule has 2 heterocycles. The molecule has 2 amide bonds. The quantitative estimate of drug-likeness (QED) is 0.308. The van der Waals surface area contributed by atoms with E-state index in [1.54, 1.807) is 55.4 Å². The first-order valence-corrected chi connectivity index (χ1v) is 14.4. The van der Waals surface area contributed by atoms with Crippen LogP contribution in [0.1, 0.15) is 88.1 Å². The highest BCUT2D eigenvalue weighted by molar-refractivity contribution is 7.94. The molecular formula is C27H39N3O9S. The van der Waals surface area contributed by atoms with Crippen molar-refractivity contribution in [3.8, 4) is 5.75 Å². The van der Waals surface area contributed by atoms with E-state index in [9.17, 15) is 28.1 Å². The molecular weight excluding hydrogens is 542 g/mol. The molecule has 0 aromatic heterocycles. The van der Waals surface area contributed by atoms with Crippen molar-refractivity contribution in [1.82, 2.24) is 4.90 Å². The number of aliphatic imine (C=N–C) groups is 1. The summed E-state index contributed by atoms with van der Waals surface area (Å²) in [5, 5.41) is 10.5. The van der Waals surface area contributed by atoms with Crippen LogP contribution in [-0.2, 0) is 24.8 Å². The third-order valence-corrected chi connectivity index (χ3v) is 9.72. The molecule has 2 atom stereocenters. The zero-order valence-corrected chi connectivity index (χ0v) is 25.8. The van der Waals surface area contributed by atoms with Gasteiger partial charge in [-0.15, -0.1) is 0 Å². The third kappa shape index (κ3) is 5.65. The van der Waals surface area contributed by atoms with E-state index in [0.29, 0.717) is 4.90 Å². The Labute approximate surface area is 235 Å². The van der Waals surface area contributed by atoms with Crippen molar-refractivity contribution in [2.75, 3.05) is 0 Å². The number of nitro benzene ring substituents is 1. The summed E-state index contributed by atoms with van der Waals surface area (Å²) in [7, 11) is -4.28. The summed E-state index contributed by atoms with van der Waals surface area (Å²) in [6.45, 7) is 17.3. The lowest BCUT2D eigenvalue weighted by Gasteiger charge is -2.46. The molecule has 0 bridgehead atoms. The summed E-state index contributed by atoms with van der Waals surface area (Å²) in [6.07, 6.45) is -2.36. The average molecular weight is 582 g/mol. The first-order chi connectivity index (χ1) is 17.8. The fourth-order valence-corrected chi connectivity index (χ4v) is 7.34. The second kappa shape index (κ2) is 9.42. The topological polar surface area (TPSA) is 155 Å². The van der Waals surface area contributed by atoms with Crippen molar-refractivity contribution in [3.63, 3.8) is 0 Å². The number of nitro groups is 1. The van der Waals surface area contributed by atoms with E-state index in [2.05, 4.69) is 0 Å². The number of hydrogen-bond acceptors (Lipinski definition) is 10. The van der Waals surface area contributed by atoms with Gasteiger partial charge in [-0.25, -0.2) is 18.0 Å². The Kier molecular flexibility index (Phi) is 7.37. The highest BCUT2D eigenvalue weighted by Gasteiger charge is 2.62. The van der Waals surface area contributed by atoms with E-state index in [4.69, 9.17) is 19.2 Å². The van der Waals surface area contributed by atoms with Gasteiger partial charge < -0.3 is 14.2 Å². The maximum Gasteiger partial charge on any atom is 0.425 e. The van der Waals surface area contributed by atoms with E-state index in [1.807, 2.05) is 0 Å². The Morgan fingerprint density at radius 2 is 1.52 bits per heavy atom. The van der Waals surface area contributed by atoms with Gasteiger partial charge in [0.1, 0.15) is 38.7 Å². The lowest BCUT2D eigenvalue weighted by Crippen LogP contribution is -2.64. The van der Waals surface area contributed by atoms with Crippen molar-refractivity contribution in [2.45, 2.75) is 115 Å². The number of nitrogens with zero attached hydrogens (tertiary/aromatic N) is 3. The first-order valence-electron chi connectivity index (χ1n) is 12.9. The fourth-order valence-electron chi connectivity index (χ4n) is 4.84. The summed E-state index contributed by atoms with van der Waals surface area (Å²) in [5.74, 6) is -0.216. The summed E-state index contributed by atoms with van der Waals surface area (Å²) >= 11 is 0. The molecule has 0 saturated heterocycles. The van der Waals surface area contributed by atoms with Crippen LogP contribution in [0.2, 0.25) is 0 Å². The standard InChI is InChI=1S/C27H39N3O9S/c1-23(2,3)38-21(31)29(22(32)39-24(4,5)6)20-26(9,10)40(35,36)19-15-25(7,8)37-18-13-12-16(30(33)34)14-17(18)27(19,11)28-20/h12-14,19H,15H2,1-11H3/t19-,27+/m0/s1. The highest BCUT2D eigenvalue weighted by atomic mass is 32.2. The van der Waals surface area contributed by atoms with Gasteiger partial charge in [0.2, 0.25) is 0 Å². The van der Waals surface area contributed by atoms with Crippen LogP contribution in [0, 0.1) is 10.1 Å². The number of rotatable bonds is 1. The zero-order valence-electron chi connectivity index (χ0n) is 24.9. The maximum absolute atomic E-state index is 14.5. The predicted octanol–water partition coefficient (Wildman–Crippen LogP) is 5.52. The van der Waals surface area contributed by atoms with Crippen molar-refractivity contribution in [1.29, 1.82) is 0 Å². The molecule has 0 fully saturated rings. The number of carbonyl (C=O) groups excluding carboxylic acids is 2. The minimum Gasteiger partial charge on any atom is -0.487 e. The molecule has 3 rings (SSSR count). The number of amidine groups is 1. The number of non-ortho nitro benzene ring substituents is 1. The Hall–Kier alpha value is -3.22. The lowest BCUT2D eigenvalue weighted by molar-refractivity contribution is -0.385. The number of benzene rings is 1. The number of hydrogen-bond donors (Lipinski definition) is 0. The maximum atomic E-state index is 14.5. The second-order valence-corrected chi connectivity index (χ2v) is 16.1. The molecule has 12 nitrogen and oxygen atoms in total. The van der Waals surface area contributed by atoms with Crippen LogP contribution in [0.5, 0.6) is 5.75 Å². The number of ether oxygens (including phenoxy) is 3. The number of imide groups is 1. The minimum absolute atomic E-state index is 0.0204. The fraction of sp³-hybridized carbons (Fsp3) is 0.667. The second-order valence-electron chi connectivity index (χ2n) is 13.4. The molecule has 0 radical (unpaired) electrons. The zero-order chi connectivity index (χ0) is 30.9.